The molecule has 2 atom stereocenters. The molecule has 0 aromatic rings. The van der Waals surface area contributed by atoms with Gasteiger partial charge in [0.1, 0.15) is 0 Å². The molecule has 1 amide bonds. The third-order valence-corrected chi connectivity index (χ3v) is 16.2. The van der Waals surface area contributed by atoms with E-state index in [-0.39, 0.29) is 18.5 Å². The number of nitrogens with one attached hydrogen (secondary N) is 1. The Morgan fingerprint density at radius 1 is 0.355 bits per heavy atom. The Morgan fingerprint density at radius 2 is 0.618 bits per heavy atom. The van der Waals surface area contributed by atoms with E-state index in [0.717, 1.165) is 57.8 Å². The number of amides is 1. The summed E-state index contributed by atoms with van der Waals surface area (Å²) in [6, 6.07) is -0.552. The normalized spacial score (nSPS) is 12.6. The third-order valence-electron chi connectivity index (χ3n) is 16.2. The van der Waals surface area contributed by atoms with E-state index >= 15 is 0 Å². The molecular formula is C70H135NO5. The summed E-state index contributed by atoms with van der Waals surface area (Å²) in [5.74, 6) is -0.0463. The molecule has 6 heteroatoms. The van der Waals surface area contributed by atoms with Crippen LogP contribution in [-0.2, 0) is 14.3 Å². The largest absolute Gasteiger partial charge is 0.466 e. The van der Waals surface area contributed by atoms with Gasteiger partial charge in [-0.2, -0.15) is 0 Å². The van der Waals surface area contributed by atoms with E-state index in [0.29, 0.717) is 25.9 Å². The monoisotopic (exact) mass is 1070 g/mol. The maximum absolute atomic E-state index is 12.5. The van der Waals surface area contributed by atoms with Gasteiger partial charge in [-0.25, -0.2) is 0 Å². The smallest absolute Gasteiger partial charge is 0.305 e. The first-order valence-electron chi connectivity index (χ1n) is 34.6. The SMILES string of the molecule is CCCCCCCCC/C=C\CCCCCCCCCC(=O)OCCCCCCCC/C=C\CCCCCCCCCC(=O)NC(CO)C(O)CCCCCCCCCCCCCCCCCCCCCCCCCC. The van der Waals surface area contributed by atoms with Crippen LogP contribution in [0.1, 0.15) is 386 Å². The number of esters is 1. The van der Waals surface area contributed by atoms with Gasteiger partial charge < -0.3 is 20.3 Å². The Balaban J connectivity index is 3.43. The summed E-state index contributed by atoms with van der Waals surface area (Å²) in [7, 11) is 0. The molecule has 76 heavy (non-hydrogen) atoms. The first kappa shape index (κ1) is 74.3. The lowest BCUT2D eigenvalue weighted by molar-refractivity contribution is -0.143. The molecule has 0 aliphatic carbocycles. The molecule has 6 nitrogen and oxygen atoms in total. The quantitative estimate of drug-likeness (QED) is 0.0320. The van der Waals surface area contributed by atoms with Gasteiger partial charge in [0.15, 0.2) is 0 Å². The van der Waals surface area contributed by atoms with Gasteiger partial charge in [0.2, 0.25) is 5.91 Å². The highest BCUT2D eigenvalue weighted by Crippen LogP contribution is 2.18. The van der Waals surface area contributed by atoms with Crippen molar-refractivity contribution in [2.24, 2.45) is 0 Å². The van der Waals surface area contributed by atoms with E-state index in [4.69, 9.17) is 4.74 Å². The van der Waals surface area contributed by atoms with E-state index in [9.17, 15) is 19.8 Å². The zero-order valence-corrected chi connectivity index (χ0v) is 51.5. The van der Waals surface area contributed by atoms with Gasteiger partial charge >= 0.3 is 5.97 Å². The van der Waals surface area contributed by atoms with Crippen molar-refractivity contribution in [3.63, 3.8) is 0 Å². The van der Waals surface area contributed by atoms with Crippen LogP contribution in [0.3, 0.4) is 0 Å². The average Bonchev–Trinajstić information content (AvgIpc) is 3.42. The summed E-state index contributed by atoms with van der Waals surface area (Å²) in [4.78, 5) is 24.6. The minimum absolute atomic E-state index is 0.00352. The molecule has 0 saturated carbocycles. The number of ether oxygens (including phenoxy) is 1. The number of hydrogen-bond acceptors (Lipinski definition) is 5. The third kappa shape index (κ3) is 61.6. The van der Waals surface area contributed by atoms with Crippen molar-refractivity contribution < 1.29 is 24.5 Å². The fraction of sp³-hybridized carbons (Fsp3) is 0.914. The predicted molar refractivity (Wildman–Crippen MR) is 333 cm³/mol. The second-order valence-electron chi connectivity index (χ2n) is 23.9. The van der Waals surface area contributed by atoms with E-state index in [2.05, 4.69) is 43.5 Å². The van der Waals surface area contributed by atoms with Crippen molar-refractivity contribution in [1.29, 1.82) is 0 Å². The number of allylic oxidation sites excluding steroid dienone is 4. The van der Waals surface area contributed by atoms with E-state index in [1.165, 1.54) is 295 Å². The van der Waals surface area contributed by atoms with Crippen LogP contribution in [0.25, 0.3) is 0 Å². The van der Waals surface area contributed by atoms with Crippen molar-refractivity contribution in [3.8, 4) is 0 Å². The summed E-state index contributed by atoms with van der Waals surface area (Å²) >= 11 is 0. The van der Waals surface area contributed by atoms with Gasteiger partial charge in [-0.15, -0.1) is 0 Å². The molecule has 0 aromatic carbocycles. The first-order chi connectivity index (χ1) is 37.5. The van der Waals surface area contributed by atoms with Crippen LogP contribution in [0.4, 0.5) is 0 Å². The van der Waals surface area contributed by atoms with E-state index < -0.39 is 12.1 Å². The van der Waals surface area contributed by atoms with Gasteiger partial charge in [0.25, 0.3) is 0 Å². The number of unbranched alkanes of at least 4 members (excludes halogenated alkanes) is 50. The minimum atomic E-state index is -0.674. The Kier molecular flexibility index (Phi) is 64.4. The number of rotatable bonds is 65. The zero-order chi connectivity index (χ0) is 55.0. The molecule has 450 valence electrons. The summed E-state index contributed by atoms with van der Waals surface area (Å²) in [5, 5.41) is 23.4. The van der Waals surface area contributed by atoms with Crippen LogP contribution < -0.4 is 5.32 Å². The molecule has 0 heterocycles. The number of aliphatic hydroxyl groups excluding tert-OH is 2. The molecular weight excluding hydrogens is 935 g/mol. The lowest BCUT2D eigenvalue weighted by Gasteiger charge is -2.22. The number of hydrogen-bond donors (Lipinski definition) is 3. The Labute approximate surface area is 475 Å². The van der Waals surface area contributed by atoms with Gasteiger partial charge in [0.05, 0.1) is 25.4 Å². The lowest BCUT2D eigenvalue weighted by Crippen LogP contribution is -2.45. The topological polar surface area (TPSA) is 95.9 Å². The maximum Gasteiger partial charge on any atom is 0.305 e. The lowest BCUT2D eigenvalue weighted by atomic mass is 10.0. The fourth-order valence-corrected chi connectivity index (χ4v) is 10.9. The first-order valence-corrected chi connectivity index (χ1v) is 34.6. The fourth-order valence-electron chi connectivity index (χ4n) is 10.9. The summed E-state index contributed by atoms with van der Waals surface area (Å²) in [6.07, 6.45) is 82.1. The highest BCUT2D eigenvalue weighted by molar-refractivity contribution is 5.76. The second-order valence-corrected chi connectivity index (χ2v) is 23.9. The van der Waals surface area contributed by atoms with Crippen LogP contribution in [0.2, 0.25) is 0 Å². The van der Waals surface area contributed by atoms with Gasteiger partial charge in [-0.3, -0.25) is 9.59 Å². The average molecular weight is 1070 g/mol. The number of carbonyl (C=O) groups excluding carboxylic acids is 2. The molecule has 0 aromatic heterocycles. The molecule has 2 unspecified atom stereocenters. The molecule has 0 fully saturated rings. The molecule has 0 saturated heterocycles. The number of carbonyl (C=O) groups is 2. The van der Waals surface area contributed by atoms with Crippen LogP contribution in [0.15, 0.2) is 24.3 Å². The molecule has 3 N–H and O–H groups in total. The maximum atomic E-state index is 12.5. The number of aliphatic hydroxyl groups is 2. The molecule has 0 rings (SSSR count). The highest BCUT2D eigenvalue weighted by atomic mass is 16.5. The van der Waals surface area contributed by atoms with Gasteiger partial charge in [0, 0.05) is 12.8 Å². The standard InChI is InChI=1S/C70H135NO5/c1-3-5-7-9-11-13-15-17-19-21-23-24-25-26-27-28-30-34-38-42-46-50-54-58-62-68(73)67(66-72)71-69(74)63-59-55-51-47-43-39-35-31-29-33-37-41-45-49-53-57-61-65-76-70(75)64-60-56-52-48-44-40-36-32-22-20-18-16-14-12-10-8-6-4-2/h20,22,29,33,67-68,72-73H,3-19,21,23-28,30-32,34-66H2,1-2H3,(H,71,74)/b22-20-,33-29-. The van der Waals surface area contributed by atoms with Gasteiger partial charge in [-0.1, -0.05) is 321 Å². The zero-order valence-electron chi connectivity index (χ0n) is 51.5. The Morgan fingerprint density at radius 3 is 0.934 bits per heavy atom. The summed E-state index contributed by atoms with van der Waals surface area (Å²) in [6.45, 7) is 4.96. The van der Waals surface area contributed by atoms with Crippen LogP contribution in [0.5, 0.6) is 0 Å². The second kappa shape index (κ2) is 65.9. The Hall–Kier alpha value is -1.66. The minimum Gasteiger partial charge on any atom is -0.466 e. The van der Waals surface area contributed by atoms with Crippen LogP contribution in [-0.4, -0.2) is 47.4 Å². The predicted octanol–water partition coefficient (Wildman–Crippen LogP) is 22.1. The summed E-state index contributed by atoms with van der Waals surface area (Å²) in [5.41, 5.74) is 0. The van der Waals surface area contributed by atoms with E-state index in [1.54, 1.807) is 0 Å². The van der Waals surface area contributed by atoms with Crippen molar-refractivity contribution in [2.75, 3.05) is 13.2 Å². The highest BCUT2D eigenvalue weighted by Gasteiger charge is 2.20. The van der Waals surface area contributed by atoms with Gasteiger partial charge in [-0.05, 0) is 77.0 Å². The molecule has 0 aliphatic heterocycles. The van der Waals surface area contributed by atoms with Crippen molar-refractivity contribution in [3.05, 3.63) is 24.3 Å². The summed E-state index contributed by atoms with van der Waals surface area (Å²) < 4.78 is 5.49. The van der Waals surface area contributed by atoms with Crippen LogP contribution in [0, 0.1) is 0 Å². The molecule has 0 spiro atoms. The van der Waals surface area contributed by atoms with Crippen molar-refractivity contribution in [1.82, 2.24) is 5.32 Å². The molecule has 0 aliphatic rings. The molecule has 0 bridgehead atoms. The Bertz CT molecular complexity index is 1190. The van der Waals surface area contributed by atoms with Crippen molar-refractivity contribution >= 4 is 11.9 Å². The van der Waals surface area contributed by atoms with E-state index in [1.807, 2.05) is 0 Å². The van der Waals surface area contributed by atoms with Crippen LogP contribution >= 0.6 is 0 Å². The molecule has 0 radical (unpaired) electrons. The van der Waals surface area contributed by atoms with Crippen molar-refractivity contribution in [2.45, 2.75) is 398 Å².